The quantitative estimate of drug-likeness (QED) is 0.622. The Morgan fingerprint density at radius 2 is 2.03 bits per heavy atom. The van der Waals surface area contributed by atoms with Crippen LogP contribution in [0.1, 0.15) is 44.9 Å². The van der Waals surface area contributed by atoms with Crippen molar-refractivity contribution in [3.63, 3.8) is 0 Å². The Balaban J connectivity index is 1.40. The molecule has 172 valence electrons. The van der Waals surface area contributed by atoms with Crippen molar-refractivity contribution in [1.29, 1.82) is 0 Å². The van der Waals surface area contributed by atoms with Gasteiger partial charge in [-0.25, -0.2) is 4.98 Å². The number of aliphatic hydroxyl groups is 1. The number of amides is 1. The first-order valence-electron chi connectivity index (χ1n) is 11.4. The van der Waals surface area contributed by atoms with Crippen molar-refractivity contribution in [2.24, 2.45) is 0 Å². The fraction of sp³-hybridized carbons (Fsp3) is 0.385. The highest BCUT2D eigenvalue weighted by molar-refractivity contribution is 5.98. The molecular formula is C26H28N2O5. The van der Waals surface area contributed by atoms with Crippen LogP contribution in [0.4, 0.5) is 0 Å². The fourth-order valence-electron chi connectivity index (χ4n) is 4.59. The summed E-state index contributed by atoms with van der Waals surface area (Å²) in [5.74, 6) is 1.85. The van der Waals surface area contributed by atoms with Crippen LogP contribution >= 0.6 is 0 Å². The van der Waals surface area contributed by atoms with Crippen molar-refractivity contribution in [2.45, 2.75) is 45.3 Å². The topological polar surface area (TPSA) is 93.8 Å². The monoisotopic (exact) mass is 448 g/mol. The highest BCUT2D eigenvalue weighted by Gasteiger charge is 2.29. The van der Waals surface area contributed by atoms with E-state index in [1.54, 1.807) is 6.20 Å². The van der Waals surface area contributed by atoms with E-state index in [1.807, 2.05) is 25.1 Å². The summed E-state index contributed by atoms with van der Waals surface area (Å²) in [6.07, 6.45) is 3.11. The number of carbonyl (C=O) groups excluding carboxylic acids is 1. The van der Waals surface area contributed by atoms with Gasteiger partial charge in [-0.05, 0) is 42.5 Å². The van der Waals surface area contributed by atoms with Gasteiger partial charge in [0.05, 0.1) is 37.1 Å². The average Bonchev–Trinajstić information content (AvgIpc) is 3.47. The summed E-state index contributed by atoms with van der Waals surface area (Å²) in [5.41, 5.74) is 6.02. The maximum absolute atomic E-state index is 13.2. The number of aromatic nitrogens is 1. The van der Waals surface area contributed by atoms with Gasteiger partial charge in [0.2, 0.25) is 0 Å². The van der Waals surface area contributed by atoms with Crippen LogP contribution in [-0.4, -0.2) is 48.0 Å². The van der Waals surface area contributed by atoms with Crippen LogP contribution in [0.25, 0.3) is 11.3 Å². The second-order valence-electron chi connectivity index (χ2n) is 8.74. The number of hydrogen-bond acceptors (Lipinski definition) is 6. The SMILES string of the molecule is Cc1ncc(-c2ccc(Cc3cc(C(=O)N[C@H]4CCOC[C@@H]4O)c4c(c3C)CCO4)cc2)o1. The Hall–Kier alpha value is -3.16. The van der Waals surface area contributed by atoms with Crippen molar-refractivity contribution in [1.82, 2.24) is 10.3 Å². The second-order valence-corrected chi connectivity index (χ2v) is 8.74. The lowest BCUT2D eigenvalue weighted by molar-refractivity contribution is -0.0261. The van der Waals surface area contributed by atoms with E-state index < -0.39 is 6.10 Å². The van der Waals surface area contributed by atoms with Gasteiger partial charge in [0.15, 0.2) is 11.7 Å². The molecule has 7 heteroatoms. The molecule has 0 radical (unpaired) electrons. The number of aryl methyl sites for hydroxylation is 1. The largest absolute Gasteiger partial charge is 0.492 e. The molecule has 0 aliphatic carbocycles. The van der Waals surface area contributed by atoms with Crippen LogP contribution in [0, 0.1) is 13.8 Å². The molecule has 2 aliphatic rings. The predicted octanol–water partition coefficient (Wildman–Crippen LogP) is 3.36. The minimum atomic E-state index is -0.701. The van der Waals surface area contributed by atoms with E-state index in [0.29, 0.717) is 43.3 Å². The van der Waals surface area contributed by atoms with Crippen molar-refractivity contribution >= 4 is 5.91 Å². The summed E-state index contributed by atoms with van der Waals surface area (Å²) in [6, 6.07) is 9.83. The lowest BCUT2D eigenvalue weighted by atomic mass is 9.92. The summed E-state index contributed by atoms with van der Waals surface area (Å²) in [7, 11) is 0. The molecule has 1 aromatic heterocycles. The molecular weight excluding hydrogens is 420 g/mol. The van der Waals surface area contributed by atoms with Crippen molar-refractivity contribution in [2.75, 3.05) is 19.8 Å². The van der Waals surface area contributed by atoms with E-state index in [4.69, 9.17) is 13.9 Å². The zero-order valence-electron chi connectivity index (χ0n) is 18.9. The van der Waals surface area contributed by atoms with E-state index in [9.17, 15) is 9.90 Å². The Morgan fingerprint density at radius 3 is 2.76 bits per heavy atom. The van der Waals surface area contributed by atoms with Crippen LogP contribution in [0.15, 0.2) is 40.9 Å². The van der Waals surface area contributed by atoms with Gasteiger partial charge >= 0.3 is 0 Å². The summed E-state index contributed by atoms with van der Waals surface area (Å²) in [4.78, 5) is 17.3. The number of oxazole rings is 1. The predicted molar refractivity (Wildman–Crippen MR) is 123 cm³/mol. The van der Waals surface area contributed by atoms with Crippen LogP contribution < -0.4 is 10.1 Å². The molecule has 0 spiro atoms. The normalized spacial score (nSPS) is 19.7. The minimum absolute atomic E-state index is 0.212. The average molecular weight is 449 g/mol. The van der Waals surface area contributed by atoms with Gasteiger partial charge in [-0.1, -0.05) is 24.3 Å². The molecule has 2 aliphatic heterocycles. The molecule has 3 heterocycles. The molecule has 1 saturated heterocycles. The van der Waals surface area contributed by atoms with E-state index >= 15 is 0 Å². The lowest BCUT2D eigenvalue weighted by Crippen LogP contribution is -2.48. The Labute approximate surface area is 192 Å². The molecule has 33 heavy (non-hydrogen) atoms. The summed E-state index contributed by atoms with van der Waals surface area (Å²) in [6.45, 7) is 5.26. The molecule has 1 fully saturated rings. The first kappa shape index (κ1) is 21.7. The first-order chi connectivity index (χ1) is 16.0. The summed E-state index contributed by atoms with van der Waals surface area (Å²) in [5, 5.41) is 13.2. The van der Waals surface area contributed by atoms with E-state index in [-0.39, 0.29) is 18.6 Å². The number of nitrogens with zero attached hydrogens (tertiary/aromatic N) is 1. The van der Waals surface area contributed by atoms with E-state index in [1.165, 1.54) is 5.56 Å². The van der Waals surface area contributed by atoms with E-state index in [2.05, 4.69) is 29.4 Å². The Kier molecular flexibility index (Phi) is 5.91. The third-order valence-electron chi connectivity index (χ3n) is 6.51. The summed E-state index contributed by atoms with van der Waals surface area (Å²) < 4.78 is 16.7. The number of fused-ring (bicyclic) bond motifs is 1. The molecule has 1 amide bonds. The Morgan fingerprint density at radius 1 is 1.21 bits per heavy atom. The standard InChI is InChI=1S/C26H28N2O5/c1-15-19(11-17-3-5-18(6-4-17)24-13-27-16(2)33-24)12-21(25-20(15)7-10-32-25)26(30)28-22-8-9-31-14-23(22)29/h3-6,12-13,22-23,29H,7-11,14H2,1-2H3,(H,28,30)/t22-,23-/m0/s1. The number of ether oxygens (including phenoxy) is 2. The molecule has 5 rings (SSSR count). The van der Waals surface area contributed by atoms with Crippen molar-refractivity contribution in [3.8, 4) is 17.1 Å². The highest BCUT2D eigenvalue weighted by atomic mass is 16.5. The van der Waals surface area contributed by atoms with Gasteiger partial charge < -0.3 is 24.3 Å². The van der Waals surface area contributed by atoms with Gasteiger partial charge in [0.25, 0.3) is 5.91 Å². The van der Waals surface area contributed by atoms with Crippen LogP contribution in [0.5, 0.6) is 5.75 Å². The van der Waals surface area contributed by atoms with Gasteiger partial charge in [0, 0.05) is 31.1 Å². The van der Waals surface area contributed by atoms with Gasteiger partial charge in [-0.3, -0.25) is 4.79 Å². The number of hydrogen-bond donors (Lipinski definition) is 2. The fourth-order valence-corrected chi connectivity index (χ4v) is 4.59. The van der Waals surface area contributed by atoms with Crippen LogP contribution in [0.3, 0.4) is 0 Å². The third kappa shape index (κ3) is 4.38. The van der Waals surface area contributed by atoms with Crippen LogP contribution in [-0.2, 0) is 17.6 Å². The molecule has 2 atom stereocenters. The van der Waals surface area contributed by atoms with Crippen molar-refractivity contribution < 1.29 is 23.8 Å². The number of benzene rings is 2. The number of aliphatic hydroxyl groups excluding tert-OH is 1. The van der Waals surface area contributed by atoms with Gasteiger partial charge in [0.1, 0.15) is 5.75 Å². The third-order valence-corrected chi connectivity index (χ3v) is 6.51. The molecule has 3 aromatic rings. The molecule has 0 unspecified atom stereocenters. The first-order valence-corrected chi connectivity index (χ1v) is 11.4. The molecule has 2 N–H and O–H groups in total. The molecule has 7 nitrogen and oxygen atoms in total. The molecule has 2 aromatic carbocycles. The zero-order valence-corrected chi connectivity index (χ0v) is 18.9. The second kappa shape index (κ2) is 9.00. The van der Waals surface area contributed by atoms with Gasteiger partial charge in [-0.15, -0.1) is 0 Å². The lowest BCUT2D eigenvalue weighted by Gasteiger charge is -2.28. The Bertz CT molecular complexity index is 1170. The maximum atomic E-state index is 13.2. The van der Waals surface area contributed by atoms with E-state index in [0.717, 1.165) is 34.4 Å². The number of nitrogens with one attached hydrogen (secondary N) is 1. The zero-order chi connectivity index (χ0) is 22.9. The summed E-state index contributed by atoms with van der Waals surface area (Å²) >= 11 is 0. The van der Waals surface area contributed by atoms with Gasteiger partial charge in [-0.2, -0.15) is 0 Å². The molecule has 0 saturated carbocycles. The van der Waals surface area contributed by atoms with Crippen LogP contribution in [0.2, 0.25) is 0 Å². The van der Waals surface area contributed by atoms with Crippen molar-refractivity contribution in [3.05, 3.63) is 70.2 Å². The maximum Gasteiger partial charge on any atom is 0.255 e. The number of carbonyl (C=O) groups is 1. The highest BCUT2D eigenvalue weighted by Crippen LogP contribution is 2.36. The molecule has 0 bridgehead atoms. The minimum Gasteiger partial charge on any atom is -0.492 e. The number of rotatable bonds is 5. The smallest absolute Gasteiger partial charge is 0.255 e.